The molecular formula is C23H46O5Si. The van der Waals surface area contributed by atoms with Gasteiger partial charge in [-0.1, -0.05) is 20.8 Å². The molecule has 2 fully saturated rings. The van der Waals surface area contributed by atoms with Gasteiger partial charge < -0.3 is 23.7 Å². The highest BCUT2D eigenvalue weighted by Crippen LogP contribution is 2.43. The van der Waals surface area contributed by atoms with Crippen molar-refractivity contribution in [2.24, 2.45) is 5.92 Å². The van der Waals surface area contributed by atoms with Gasteiger partial charge in [0.05, 0.1) is 37.6 Å². The Balaban J connectivity index is 1.86. The molecule has 2 aliphatic rings. The Morgan fingerprint density at radius 3 is 2.41 bits per heavy atom. The van der Waals surface area contributed by atoms with Gasteiger partial charge in [0.2, 0.25) is 0 Å². The van der Waals surface area contributed by atoms with Crippen molar-refractivity contribution < 1.29 is 23.7 Å². The Kier molecular flexibility index (Phi) is 10.1. The zero-order valence-corrected chi connectivity index (χ0v) is 20.7. The van der Waals surface area contributed by atoms with Crippen LogP contribution >= 0.6 is 0 Å². The van der Waals surface area contributed by atoms with E-state index in [1.165, 1.54) is 0 Å². The molecule has 0 spiro atoms. The van der Waals surface area contributed by atoms with Gasteiger partial charge in [-0.25, -0.2) is 0 Å². The van der Waals surface area contributed by atoms with E-state index in [1.807, 2.05) is 6.92 Å². The summed E-state index contributed by atoms with van der Waals surface area (Å²) in [4.78, 5) is 0. The van der Waals surface area contributed by atoms with Gasteiger partial charge >= 0.3 is 0 Å². The van der Waals surface area contributed by atoms with E-state index in [9.17, 15) is 5.11 Å². The molecule has 6 heteroatoms. The summed E-state index contributed by atoms with van der Waals surface area (Å²) >= 11 is 0. The van der Waals surface area contributed by atoms with Gasteiger partial charge in [-0.3, -0.25) is 0 Å². The Morgan fingerprint density at radius 1 is 1.00 bits per heavy atom. The van der Waals surface area contributed by atoms with E-state index in [4.69, 9.17) is 18.6 Å². The van der Waals surface area contributed by atoms with E-state index >= 15 is 0 Å². The highest BCUT2D eigenvalue weighted by atomic mass is 28.4. The van der Waals surface area contributed by atoms with Crippen LogP contribution in [0.4, 0.5) is 0 Å². The van der Waals surface area contributed by atoms with Crippen molar-refractivity contribution in [3.8, 4) is 0 Å². The number of rotatable bonds is 10. The molecule has 172 valence electrons. The fraction of sp³-hybridized carbons (Fsp3) is 1.00. The Labute approximate surface area is 180 Å². The van der Waals surface area contributed by atoms with Crippen LogP contribution in [0.5, 0.6) is 0 Å². The standard InChI is InChI=1S/C23H46O5Si/c1-7-25-16-17-26-15-9-12-22-19(24)14-13-18-20(27-22)10-8-11-21(18)28-29(5,6)23(2,3)4/h18-22,24H,7-17H2,1-6H3/t18-,19-,20+,21-,22+/m1/s1. The van der Waals surface area contributed by atoms with E-state index in [0.29, 0.717) is 25.7 Å². The second-order valence-corrected chi connectivity index (χ2v) is 15.1. The van der Waals surface area contributed by atoms with Crippen LogP contribution in [-0.4, -0.2) is 64.3 Å². The second kappa shape index (κ2) is 11.6. The van der Waals surface area contributed by atoms with Crippen LogP contribution in [-0.2, 0) is 18.6 Å². The van der Waals surface area contributed by atoms with Crippen molar-refractivity contribution in [3.05, 3.63) is 0 Å². The summed E-state index contributed by atoms with van der Waals surface area (Å²) in [7, 11) is -1.80. The van der Waals surface area contributed by atoms with Crippen LogP contribution in [0.25, 0.3) is 0 Å². The topological polar surface area (TPSA) is 57.2 Å². The summed E-state index contributed by atoms with van der Waals surface area (Å²) in [6.07, 6.45) is 7.01. The number of hydrogen-bond donors (Lipinski definition) is 1. The largest absolute Gasteiger partial charge is 0.414 e. The SMILES string of the molecule is CCOCCOCCC[C@@H]1O[C@H]2CCC[C@@H](O[Si](C)(C)C(C)(C)C)[C@@H]2CC[C@H]1O. The minimum atomic E-state index is -1.80. The molecule has 1 saturated carbocycles. The van der Waals surface area contributed by atoms with Crippen LogP contribution in [0.3, 0.4) is 0 Å². The van der Waals surface area contributed by atoms with Gasteiger partial charge in [0.15, 0.2) is 8.32 Å². The lowest BCUT2D eigenvalue weighted by molar-refractivity contribution is -0.110. The lowest BCUT2D eigenvalue weighted by atomic mass is 9.81. The van der Waals surface area contributed by atoms with Crippen molar-refractivity contribution in [3.63, 3.8) is 0 Å². The monoisotopic (exact) mass is 430 g/mol. The maximum Gasteiger partial charge on any atom is 0.192 e. The number of fused-ring (bicyclic) bond motifs is 1. The molecule has 5 nitrogen and oxygen atoms in total. The number of aliphatic hydroxyl groups excluding tert-OH is 1. The lowest BCUT2D eigenvalue weighted by Gasteiger charge is -2.45. The van der Waals surface area contributed by atoms with Gasteiger partial charge in [-0.05, 0) is 70.0 Å². The normalized spacial score (nSPS) is 31.3. The van der Waals surface area contributed by atoms with Crippen LogP contribution in [0.1, 0.15) is 72.6 Å². The first kappa shape index (κ1) is 25.3. The molecule has 29 heavy (non-hydrogen) atoms. The highest BCUT2D eigenvalue weighted by Gasteiger charge is 2.45. The highest BCUT2D eigenvalue weighted by molar-refractivity contribution is 6.74. The minimum Gasteiger partial charge on any atom is -0.414 e. The molecule has 0 amide bonds. The van der Waals surface area contributed by atoms with Gasteiger partial charge in [-0.2, -0.15) is 0 Å². The summed E-state index contributed by atoms with van der Waals surface area (Å²) in [5.74, 6) is 0.417. The summed E-state index contributed by atoms with van der Waals surface area (Å²) in [6.45, 7) is 16.3. The Morgan fingerprint density at radius 2 is 1.72 bits per heavy atom. The lowest BCUT2D eigenvalue weighted by Crippen LogP contribution is -2.49. The van der Waals surface area contributed by atoms with E-state index in [-0.39, 0.29) is 29.5 Å². The third kappa shape index (κ3) is 7.58. The quantitative estimate of drug-likeness (QED) is 0.394. The molecule has 1 aliphatic heterocycles. The third-order valence-corrected chi connectivity index (χ3v) is 11.6. The predicted molar refractivity (Wildman–Crippen MR) is 120 cm³/mol. The van der Waals surface area contributed by atoms with Gasteiger partial charge in [0.25, 0.3) is 0 Å². The third-order valence-electron chi connectivity index (χ3n) is 7.11. The fourth-order valence-electron chi connectivity index (χ4n) is 4.31. The van der Waals surface area contributed by atoms with Crippen molar-refractivity contribution in [2.45, 2.75) is 115 Å². The number of ether oxygens (including phenoxy) is 3. The zero-order valence-electron chi connectivity index (χ0n) is 19.7. The van der Waals surface area contributed by atoms with Gasteiger partial charge in [0, 0.05) is 19.1 Å². The smallest absolute Gasteiger partial charge is 0.192 e. The Bertz CT molecular complexity index is 465. The van der Waals surface area contributed by atoms with E-state index in [0.717, 1.165) is 51.6 Å². The van der Waals surface area contributed by atoms with Crippen molar-refractivity contribution in [2.75, 3.05) is 26.4 Å². The summed E-state index contributed by atoms with van der Waals surface area (Å²) in [6, 6.07) is 0. The van der Waals surface area contributed by atoms with E-state index < -0.39 is 8.32 Å². The molecule has 0 unspecified atom stereocenters. The van der Waals surface area contributed by atoms with Crippen LogP contribution < -0.4 is 0 Å². The molecule has 0 aromatic rings. The first-order chi connectivity index (χ1) is 13.7. The first-order valence-electron chi connectivity index (χ1n) is 11.8. The van der Waals surface area contributed by atoms with Crippen molar-refractivity contribution in [1.82, 2.24) is 0 Å². The Hall–Kier alpha value is 0.0169. The first-order valence-corrected chi connectivity index (χ1v) is 14.7. The van der Waals surface area contributed by atoms with Crippen LogP contribution in [0.15, 0.2) is 0 Å². The predicted octanol–water partition coefficient (Wildman–Crippen LogP) is 4.92. The molecule has 1 aliphatic carbocycles. The van der Waals surface area contributed by atoms with Crippen LogP contribution in [0.2, 0.25) is 18.1 Å². The van der Waals surface area contributed by atoms with Gasteiger partial charge in [0.1, 0.15) is 0 Å². The average Bonchev–Trinajstić information content (AvgIpc) is 2.79. The zero-order chi connectivity index (χ0) is 21.5. The molecule has 0 aromatic carbocycles. The molecule has 1 N–H and O–H groups in total. The summed E-state index contributed by atoms with van der Waals surface area (Å²) in [5.41, 5.74) is 0. The minimum absolute atomic E-state index is 0.0767. The maximum atomic E-state index is 10.7. The van der Waals surface area contributed by atoms with Crippen LogP contribution in [0, 0.1) is 5.92 Å². The second-order valence-electron chi connectivity index (χ2n) is 10.3. The van der Waals surface area contributed by atoms with Crippen molar-refractivity contribution >= 4 is 8.32 Å². The van der Waals surface area contributed by atoms with E-state index in [1.54, 1.807) is 0 Å². The van der Waals surface area contributed by atoms with Gasteiger partial charge in [-0.15, -0.1) is 0 Å². The molecular weight excluding hydrogens is 384 g/mol. The molecule has 1 saturated heterocycles. The number of aliphatic hydroxyl groups is 1. The molecule has 1 heterocycles. The molecule has 5 atom stereocenters. The summed E-state index contributed by atoms with van der Waals surface area (Å²) < 4.78 is 24.3. The molecule has 0 bridgehead atoms. The van der Waals surface area contributed by atoms with E-state index in [2.05, 4.69) is 33.9 Å². The molecule has 0 radical (unpaired) electrons. The maximum absolute atomic E-state index is 10.7. The van der Waals surface area contributed by atoms with Crippen molar-refractivity contribution in [1.29, 1.82) is 0 Å². The molecule has 2 rings (SSSR count). The summed E-state index contributed by atoms with van der Waals surface area (Å²) in [5, 5.41) is 10.9. The fourth-order valence-corrected chi connectivity index (χ4v) is 5.71. The number of hydrogen-bond acceptors (Lipinski definition) is 5. The average molecular weight is 431 g/mol. The molecule has 0 aromatic heterocycles.